The van der Waals surface area contributed by atoms with E-state index in [0.29, 0.717) is 17.3 Å². The summed E-state index contributed by atoms with van der Waals surface area (Å²) >= 11 is 5.93. The molecule has 0 radical (unpaired) electrons. The zero-order chi connectivity index (χ0) is 12.1. The van der Waals surface area contributed by atoms with Crippen molar-refractivity contribution in [1.82, 2.24) is 10.2 Å². The van der Waals surface area contributed by atoms with Crippen LogP contribution in [0.4, 0.5) is 4.79 Å². The zero-order valence-electron chi connectivity index (χ0n) is 9.49. The lowest BCUT2D eigenvalue weighted by Gasteiger charge is -2.19. The van der Waals surface area contributed by atoms with Gasteiger partial charge in [0.05, 0.1) is 5.02 Å². The van der Waals surface area contributed by atoms with Crippen molar-refractivity contribution in [1.29, 1.82) is 0 Å². The number of carbonyl (C=O) groups excluding carboxylic acids is 1. The quantitative estimate of drug-likeness (QED) is 0.835. The number of carbonyl (C=O) groups is 1. The third-order valence-corrected chi connectivity index (χ3v) is 2.94. The number of benzene rings is 1. The van der Waals surface area contributed by atoms with Gasteiger partial charge in [-0.25, -0.2) is 4.79 Å². The monoisotopic (exact) mass is 254 g/mol. The summed E-state index contributed by atoms with van der Waals surface area (Å²) < 4.78 is 5.27. The molecule has 1 fully saturated rings. The van der Waals surface area contributed by atoms with E-state index in [0.717, 1.165) is 26.1 Å². The Kier molecular flexibility index (Phi) is 4.23. The molecule has 2 rings (SSSR count). The predicted octanol–water partition coefficient (Wildman–Crippen LogP) is 2.13. The van der Waals surface area contributed by atoms with Gasteiger partial charge in [0, 0.05) is 19.6 Å². The smallest absolute Gasteiger partial charge is 0.409 e. The second-order valence-corrected chi connectivity index (χ2v) is 4.30. The van der Waals surface area contributed by atoms with Gasteiger partial charge < -0.3 is 15.0 Å². The fourth-order valence-electron chi connectivity index (χ4n) is 1.71. The van der Waals surface area contributed by atoms with Crippen LogP contribution in [-0.4, -0.2) is 37.2 Å². The number of ether oxygens (including phenoxy) is 1. The maximum Gasteiger partial charge on any atom is 0.415 e. The average molecular weight is 255 g/mol. The SMILES string of the molecule is O=C(Oc1ccccc1Cl)N1CCCNCC1. The summed E-state index contributed by atoms with van der Waals surface area (Å²) in [7, 11) is 0. The first-order chi connectivity index (χ1) is 8.27. The summed E-state index contributed by atoms with van der Waals surface area (Å²) in [5, 5.41) is 3.68. The molecule has 0 bridgehead atoms. The molecular formula is C12H15ClN2O2. The maximum absolute atomic E-state index is 11.9. The van der Waals surface area contributed by atoms with Crippen LogP contribution < -0.4 is 10.1 Å². The Bertz CT molecular complexity index is 390. The standard InChI is InChI=1S/C12H15ClN2O2/c13-10-4-1-2-5-11(10)17-12(16)15-8-3-6-14-7-9-15/h1-2,4-5,14H,3,6-9H2. The highest BCUT2D eigenvalue weighted by Crippen LogP contribution is 2.23. The van der Waals surface area contributed by atoms with Gasteiger partial charge in [0.15, 0.2) is 5.75 Å². The Morgan fingerprint density at radius 3 is 2.94 bits per heavy atom. The Morgan fingerprint density at radius 2 is 2.12 bits per heavy atom. The molecule has 0 unspecified atom stereocenters. The molecule has 5 heteroatoms. The van der Waals surface area contributed by atoms with Crippen molar-refractivity contribution in [3.63, 3.8) is 0 Å². The first-order valence-electron chi connectivity index (χ1n) is 5.69. The third-order valence-electron chi connectivity index (χ3n) is 2.63. The van der Waals surface area contributed by atoms with Gasteiger partial charge in [0.25, 0.3) is 0 Å². The van der Waals surface area contributed by atoms with Crippen LogP contribution >= 0.6 is 11.6 Å². The van der Waals surface area contributed by atoms with Crippen LogP contribution in [0.25, 0.3) is 0 Å². The number of hydrogen-bond donors (Lipinski definition) is 1. The maximum atomic E-state index is 11.9. The molecule has 0 atom stereocenters. The van der Waals surface area contributed by atoms with E-state index in [1.54, 1.807) is 29.2 Å². The molecule has 1 saturated heterocycles. The first kappa shape index (κ1) is 12.2. The Morgan fingerprint density at radius 1 is 1.29 bits per heavy atom. The molecule has 1 amide bonds. The minimum absolute atomic E-state index is 0.332. The van der Waals surface area contributed by atoms with E-state index in [9.17, 15) is 4.79 Å². The second-order valence-electron chi connectivity index (χ2n) is 3.89. The fraction of sp³-hybridized carbons (Fsp3) is 0.417. The molecule has 0 aliphatic carbocycles. The van der Waals surface area contributed by atoms with Crippen molar-refractivity contribution in [2.45, 2.75) is 6.42 Å². The van der Waals surface area contributed by atoms with Crippen molar-refractivity contribution in [3.8, 4) is 5.75 Å². The van der Waals surface area contributed by atoms with Gasteiger partial charge in [-0.3, -0.25) is 0 Å². The van der Waals surface area contributed by atoms with Crippen molar-refractivity contribution in [3.05, 3.63) is 29.3 Å². The van der Waals surface area contributed by atoms with Gasteiger partial charge in [-0.2, -0.15) is 0 Å². The van der Waals surface area contributed by atoms with Gasteiger partial charge >= 0.3 is 6.09 Å². The van der Waals surface area contributed by atoms with E-state index in [-0.39, 0.29) is 6.09 Å². The summed E-state index contributed by atoms with van der Waals surface area (Å²) in [5.41, 5.74) is 0. The van der Waals surface area contributed by atoms with Crippen molar-refractivity contribution in [2.75, 3.05) is 26.2 Å². The lowest BCUT2D eigenvalue weighted by molar-refractivity contribution is 0.155. The average Bonchev–Trinajstić information content (AvgIpc) is 2.61. The van der Waals surface area contributed by atoms with Gasteiger partial charge in [-0.15, -0.1) is 0 Å². The highest BCUT2D eigenvalue weighted by Gasteiger charge is 2.17. The molecule has 1 aliphatic heterocycles. The topological polar surface area (TPSA) is 41.6 Å². The molecule has 0 spiro atoms. The van der Waals surface area contributed by atoms with Gasteiger partial charge in [-0.05, 0) is 25.1 Å². The number of halogens is 1. The van der Waals surface area contributed by atoms with Crippen LogP contribution in [0.1, 0.15) is 6.42 Å². The number of amides is 1. The van der Waals surface area contributed by atoms with Crippen LogP contribution in [0.3, 0.4) is 0 Å². The number of hydrogen-bond acceptors (Lipinski definition) is 3. The van der Waals surface area contributed by atoms with Crippen molar-refractivity contribution >= 4 is 17.7 Å². The molecule has 0 aromatic heterocycles. The Labute approximate surface area is 106 Å². The highest BCUT2D eigenvalue weighted by molar-refractivity contribution is 6.32. The molecule has 0 saturated carbocycles. The first-order valence-corrected chi connectivity index (χ1v) is 6.07. The molecule has 92 valence electrons. The molecule has 1 N–H and O–H groups in total. The predicted molar refractivity (Wildman–Crippen MR) is 66.5 cm³/mol. The minimum Gasteiger partial charge on any atom is -0.409 e. The highest BCUT2D eigenvalue weighted by atomic mass is 35.5. The number of para-hydroxylation sites is 1. The number of nitrogens with zero attached hydrogens (tertiary/aromatic N) is 1. The fourth-order valence-corrected chi connectivity index (χ4v) is 1.89. The summed E-state index contributed by atoms with van der Waals surface area (Å²) in [6, 6.07) is 6.98. The van der Waals surface area contributed by atoms with E-state index in [4.69, 9.17) is 16.3 Å². The molecule has 17 heavy (non-hydrogen) atoms. The van der Waals surface area contributed by atoms with Crippen LogP contribution in [0.5, 0.6) is 5.75 Å². The van der Waals surface area contributed by atoms with Crippen LogP contribution in [0.15, 0.2) is 24.3 Å². The lowest BCUT2D eigenvalue weighted by Crippen LogP contribution is -2.36. The summed E-state index contributed by atoms with van der Waals surface area (Å²) in [6.45, 7) is 3.13. The van der Waals surface area contributed by atoms with Crippen molar-refractivity contribution in [2.24, 2.45) is 0 Å². The summed E-state index contributed by atoms with van der Waals surface area (Å²) in [4.78, 5) is 13.6. The number of rotatable bonds is 1. The Hall–Kier alpha value is -1.26. The minimum atomic E-state index is -0.332. The van der Waals surface area contributed by atoms with Gasteiger partial charge in [0.1, 0.15) is 0 Å². The van der Waals surface area contributed by atoms with E-state index < -0.39 is 0 Å². The second kappa shape index (κ2) is 5.89. The Balaban J connectivity index is 1.98. The summed E-state index contributed by atoms with van der Waals surface area (Å²) in [6.07, 6.45) is 0.610. The van der Waals surface area contributed by atoms with E-state index in [1.165, 1.54) is 0 Å². The molecule has 1 aliphatic rings. The molecule has 1 aromatic carbocycles. The van der Waals surface area contributed by atoms with Crippen molar-refractivity contribution < 1.29 is 9.53 Å². The van der Waals surface area contributed by atoms with Crippen LogP contribution in [-0.2, 0) is 0 Å². The van der Waals surface area contributed by atoms with Gasteiger partial charge in [-0.1, -0.05) is 23.7 Å². The normalized spacial score (nSPS) is 16.4. The number of nitrogens with one attached hydrogen (secondary N) is 1. The van der Waals surface area contributed by atoms with E-state index in [1.807, 2.05) is 0 Å². The molecule has 1 aromatic rings. The van der Waals surface area contributed by atoms with Crippen LogP contribution in [0, 0.1) is 0 Å². The van der Waals surface area contributed by atoms with Crippen LogP contribution in [0.2, 0.25) is 5.02 Å². The molecule has 1 heterocycles. The molecular weight excluding hydrogens is 240 g/mol. The zero-order valence-corrected chi connectivity index (χ0v) is 10.2. The van der Waals surface area contributed by atoms with E-state index in [2.05, 4.69) is 5.32 Å². The van der Waals surface area contributed by atoms with E-state index >= 15 is 0 Å². The largest absolute Gasteiger partial charge is 0.415 e. The van der Waals surface area contributed by atoms with Gasteiger partial charge in [0.2, 0.25) is 0 Å². The third kappa shape index (κ3) is 3.35. The lowest BCUT2D eigenvalue weighted by atomic mass is 10.3. The molecule has 4 nitrogen and oxygen atoms in total. The summed E-state index contributed by atoms with van der Waals surface area (Å²) in [5.74, 6) is 0.413.